The number of likely N-dealkylation sites (tertiary alicyclic amines) is 1. The van der Waals surface area contributed by atoms with Gasteiger partial charge in [0.1, 0.15) is 11.8 Å². The minimum Gasteiger partial charge on any atom is -0.497 e. The topological polar surface area (TPSA) is 137 Å². The molecule has 2 saturated heterocycles. The van der Waals surface area contributed by atoms with Crippen LogP contribution in [0.1, 0.15) is 50.5 Å². The maximum absolute atomic E-state index is 13.0. The summed E-state index contributed by atoms with van der Waals surface area (Å²) in [4.78, 5) is 51.6. The zero-order chi connectivity index (χ0) is 26.6. The van der Waals surface area contributed by atoms with Gasteiger partial charge in [-0.3, -0.25) is 19.2 Å². The molecule has 2 aliphatic rings. The smallest absolute Gasteiger partial charge is 0.305 e. The Labute approximate surface area is 218 Å². The Morgan fingerprint density at radius 3 is 2.54 bits per heavy atom. The van der Waals surface area contributed by atoms with Gasteiger partial charge in [-0.2, -0.15) is 0 Å². The summed E-state index contributed by atoms with van der Waals surface area (Å²) >= 11 is 0. The zero-order valence-corrected chi connectivity index (χ0v) is 21.7. The second-order valence-corrected chi connectivity index (χ2v) is 9.96. The molecule has 37 heavy (non-hydrogen) atoms. The number of carbonyl (C=O) groups excluding carboxylic acids is 3. The number of methoxy groups -OCH3 is 1. The fourth-order valence-corrected chi connectivity index (χ4v) is 4.99. The Kier molecular flexibility index (Phi) is 11.2. The van der Waals surface area contributed by atoms with Crippen LogP contribution in [0.4, 0.5) is 0 Å². The van der Waals surface area contributed by atoms with Crippen molar-refractivity contribution in [2.45, 2.75) is 57.4 Å². The average Bonchev–Trinajstić information content (AvgIpc) is 2.92. The van der Waals surface area contributed by atoms with Gasteiger partial charge in [0.15, 0.2) is 0 Å². The van der Waals surface area contributed by atoms with Crippen molar-refractivity contribution in [1.82, 2.24) is 20.9 Å². The predicted octanol–water partition coefficient (Wildman–Crippen LogP) is 1.33. The molecular formula is C27H40N4O6. The zero-order valence-electron chi connectivity index (χ0n) is 21.7. The number of benzene rings is 1. The quantitative estimate of drug-likeness (QED) is 0.329. The monoisotopic (exact) mass is 516 g/mol. The highest BCUT2D eigenvalue weighted by atomic mass is 16.5. The number of nitrogens with zero attached hydrogens (tertiary/aromatic N) is 1. The molecule has 10 heteroatoms. The van der Waals surface area contributed by atoms with E-state index in [-0.39, 0.29) is 11.8 Å². The number of carboxylic acids is 1. The molecule has 1 aromatic rings. The molecule has 1 aromatic carbocycles. The predicted molar refractivity (Wildman–Crippen MR) is 138 cm³/mol. The number of hydrogen-bond donors (Lipinski definition) is 4. The summed E-state index contributed by atoms with van der Waals surface area (Å²) in [7, 11) is 1.59. The minimum atomic E-state index is -1.17. The first kappa shape index (κ1) is 28.4. The summed E-state index contributed by atoms with van der Waals surface area (Å²) < 4.78 is 5.13. The van der Waals surface area contributed by atoms with Crippen molar-refractivity contribution >= 4 is 23.7 Å². The highest BCUT2D eigenvalue weighted by Gasteiger charge is 2.32. The summed E-state index contributed by atoms with van der Waals surface area (Å²) in [6, 6.07) is 6.27. The lowest BCUT2D eigenvalue weighted by atomic mass is 9.92. The van der Waals surface area contributed by atoms with Crippen LogP contribution in [0.2, 0.25) is 0 Å². The Hall–Kier alpha value is -3.14. The molecule has 2 atom stereocenters. The van der Waals surface area contributed by atoms with Crippen molar-refractivity contribution in [2.24, 2.45) is 11.8 Å². The van der Waals surface area contributed by atoms with Crippen molar-refractivity contribution in [1.29, 1.82) is 0 Å². The van der Waals surface area contributed by atoms with E-state index in [2.05, 4.69) is 16.0 Å². The van der Waals surface area contributed by atoms with Crippen LogP contribution in [-0.4, -0.2) is 79.6 Å². The Morgan fingerprint density at radius 1 is 1.14 bits per heavy atom. The van der Waals surface area contributed by atoms with E-state index >= 15 is 0 Å². The summed E-state index contributed by atoms with van der Waals surface area (Å²) in [5.41, 5.74) is 0.993. The minimum absolute atomic E-state index is 0.0643. The average molecular weight is 517 g/mol. The number of piperidine rings is 2. The van der Waals surface area contributed by atoms with E-state index in [1.54, 1.807) is 12.0 Å². The third kappa shape index (κ3) is 9.35. The number of aliphatic carboxylic acids is 1. The van der Waals surface area contributed by atoms with Gasteiger partial charge in [0, 0.05) is 26.1 Å². The molecule has 2 fully saturated rings. The number of hydrogen-bond acceptors (Lipinski definition) is 6. The number of carboxylic acid groups (broad SMARTS) is 1. The van der Waals surface area contributed by atoms with E-state index in [0.29, 0.717) is 51.2 Å². The van der Waals surface area contributed by atoms with Crippen molar-refractivity contribution in [3.05, 3.63) is 29.8 Å². The van der Waals surface area contributed by atoms with E-state index in [1.807, 2.05) is 24.3 Å². The molecule has 1 unspecified atom stereocenters. The summed E-state index contributed by atoms with van der Waals surface area (Å²) in [5.74, 6) is -1.18. The Bertz CT molecular complexity index is 916. The van der Waals surface area contributed by atoms with E-state index in [1.165, 1.54) is 0 Å². The number of amides is 3. The van der Waals surface area contributed by atoms with Gasteiger partial charge in [0.25, 0.3) is 0 Å². The lowest BCUT2D eigenvalue weighted by Crippen LogP contribution is -2.52. The molecule has 4 N–H and O–H groups in total. The molecule has 0 aromatic heterocycles. The van der Waals surface area contributed by atoms with Gasteiger partial charge >= 0.3 is 5.97 Å². The molecule has 0 saturated carbocycles. The molecule has 204 valence electrons. The van der Waals surface area contributed by atoms with Crippen LogP contribution < -0.4 is 20.7 Å². The maximum Gasteiger partial charge on any atom is 0.305 e. The van der Waals surface area contributed by atoms with Gasteiger partial charge in [0.05, 0.1) is 19.4 Å². The third-order valence-electron chi connectivity index (χ3n) is 7.25. The molecule has 10 nitrogen and oxygen atoms in total. The van der Waals surface area contributed by atoms with Gasteiger partial charge in [-0.15, -0.1) is 0 Å². The molecular weight excluding hydrogens is 476 g/mol. The van der Waals surface area contributed by atoms with E-state index in [4.69, 9.17) is 4.74 Å². The number of nitrogens with one attached hydrogen (secondary N) is 3. The molecule has 0 spiro atoms. The SMILES string of the molecule is COc1ccc(CCNC(=O)C(CC(=O)O)NC(=O)[C@@H]2CCCN(C(=O)CCC3CCNCC3)C2)cc1. The highest BCUT2D eigenvalue weighted by molar-refractivity contribution is 5.91. The molecule has 0 radical (unpaired) electrons. The van der Waals surface area contributed by atoms with E-state index in [0.717, 1.165) is 43.7 Å². The standard InChI is InChI=1S/C27H40N4O6/c1-37-22-7-4-19(5-8-22)12-15-29-27(36)23(17-25(33)34)30-26(35)21-3-2-16-31(18-21)24(32)9-6-20-10-13-28-14-11-20/h4-5,7-8,20-21,23,28H,2-3,6,9-18H2,1H3,(H,29,36)(H,30,35)(H,33,34)/t21-,23?/m1/s1. The Balaban J connectivity index is 1.47. The fraction of sp³-hybridized carbons (Fsp3) is 0.630. The maximum atomic E-state index is 13.0. The van der Waals surface area contributed by atoms with E-state index in [9.17, 15) is 24.3 Å². The first-order valence-corrected chi connectivity index (χ1v) is 13.3. The highest BCUT2D eigenvalue weighted by Crippen LogP contribution is 2.22. The fourth-order valence-electron chi connectivity index (χ4n) is 4.99. The van der Waals surface area contributed by atoms with Crippen LogP contribution in [0, 0.1) is 11.8 Å². The first-order chi connectivity index (χ1) is 17.9. The van der Waals surface area contributed by atoms with Gasteiger partial charge in [-0.25, -0.2) is 0 Å². The molecule has 2 aliphatic heterocycles. The van der Waals surface area contributed by atoms with Gasteiger partial charge in [0.2, 0.25) is 17.7 Å². The van der Waals surface area contributed by atoms with Crippen molar-refractivity contribution < 1.29 is 29.0 Å². The normalized spacial score (nSPS) is 19.1. The molecule has 3 amide bonds. The van der Waals surface area contributed by atoms with Crippen LogP contribution in [0.5, 0.6) is 5.75 Å². The summed E-state index contributed by atoms with van der Waals surface area (Å²) in [6.45, 7) is 3.23. The van der Waals surface area contributed by atoms with Crippen LogP contribution >= 0.6 is 0 Å². The van der Waals surface area contributed by atoms with Crippen LogP contribution in [0.15, 0.2) is 24.3 Å². The van der Waals surface area contributed by atoms with E-state index < -0.39 is 30.3 Å². The first-order valence-electron chi connectivity index (χ1n) is 13.3. The van der Waals surface area contributed by atoms with Crippen molar-refractivity contribution in [3.8, 4) is 5.75 Å². The van der Waals surface area contributed by atoms with Gasteiger partial charge < -0.3 is 30.7 Å². The summed E-state index contributed by atoms with van der Waals surface area (Å²) in [5, 5.41) is 18.0. The molecule has 3 rings (SSSR count). The van der Waals surface area contributed by atoms with Crippen LogP contribution in [-0.2, 0) is 25.6 Å². The summed E-state index contributed by atoms with van der Waals surface area (Å²) in [6.07, 6.45) is 4.88. The lowest BCUT2D eigenvalue weighted by molar-refractivity contribution is -0.141. The van der Waals surface area contributed by atoms with Crippen molar-refractivity contribution in [3.63, 3.8) is 0 Å². The number of rotatable bonds is 12. The van der Waals surface area contributed by atoms with Gasteiger partial charge in [-0.1, -0.05) is 12.1 Å². The third-order valence-corrected chi connectivity index (χ3v) is 7.25. The Morgan fingerprint density at radius 2 is 1.86 bits per heavy atom. The molecule has 0 bridgehead atoms. The second-order valence-electron chi connectivity index (χ2n) is 9.96. The van der Waals surface area contributed by atoms with Gasteiger partial charge in [-0.05, 0) is 75.2 Å². The second kappa shape index (κ2) is 14.6. The molecule has 2 heterocycles. The largest absolute Gasteiger partial charge is 0.497 e. The number of ether oxygens (including phenoxy) is 1. The van der Waals surface area contributed by atoms with Crippen molar-refractivity contribution in [2.75, 3.05) is 39.8 Å². The molecule has 0 aliphatic carbocycles. The lowest BCUT2D eigenvalue weighted by Gasteiger charge is -2.33. The van der Waals surface area contributed by atoms with Crippen LogP contribution in [0.3, 0.4) is 0 Å². The number of carbonyl (C=O) groups is 4. The van der Waals surface area contributed by atoms with Crippen LogP contribution in [0.25, 0.3) is 0 Å².